The van der Waals surface area contributed by atoms with Gasteiger partial charge in [-0.05, 0) is 25.2 Å². The number of oxazole rings is 1. The second-order valence-corrected chi connectivity index (χ2v) is 5.24. The first-order valence-electron chi connectivity index (χ1n) is 7.82. The Labute approximate surface area is 134 Å². The molecule has 122 valence electrons. The van der Waals surface area contributed by atoms with Gasteiger partial charge in [-0.25, -0.2) is 9.97 Å². The summed E-state index contributed by atoms with van der Waals surface area (Å²) >= 11 is 0. The van der Waals surface area contributed by atoms with Gasteiger partial charge in [-0.2, -0.15) is 4.98 Å². The molecule has 3 rings (SSSR count). The molecule has 0 spiro atoms. The Balaban J connectivity index is 1.83. The highest BCUT2D eigenvalue weighted by atomic mass is 16.4. The molecule has 0 fully saturated rings. The van der Waals surface area contributed by atoms with Crippen LogP contribution in [0.15, 0.2) is 33.6 Å². The first kappa shape index (κ1) is 15.5. The third-order valence-corrected chi connectivity index (χ3v) is 3.89. The van der Waals surface area contributed by atoms with Crippen molar-refractivity contribution in [2.24, 2.45) is 0 Å². The highest BCUT2D eigenvalue weighted by molar-refractivity contribution is 5.80. The van der Waals surface area contributed by atoms with Crippen LogP contribution in [0.3, 0.4) is 0 Å². The highest BCUT2D eigenvalue weighted by Crippen LogP contribution is 2.24. The molecule has 1 N–H and O–H groups in total. The maximum absolute atomic E-state index is 5.61. The lowest BCUT2D eigenvalue weighted by Crippen LogP contribution is -2.33. The fourth-order valence-corrected chi connectivity index (χ4v) is 2.74. The van der Waals surface area contributed by atoms with Crippen molar-refractivity contribution in [3.8, 4) is 0 Å². The van der Waals surface area contributed by atoms with Gasteiger partial charge >= 0.3 is 0 Å². The zero-order valence-electron chi connectivity index (χ0n) is 13.6. The van der Waals surface area contributed by atoms with Gasteiger partial charge in [0.05, 0.1) is 12.3 Å². The molecule has 0 saturated carbocycles. The maximum atomic E-state index is 5.61. The fraction of sp³-hybridized carbons (Fsp3) is 0.438. The molecule has 0 aromatic carbocycles. The van der Waals surface area contributed by atoms with Gasteiger partial charge in [-0.1, -0.05) is 13.8 Å². The van der Waals surface area contributed by atoms with Gasteiger partial charge in [0.2, 0.25) is 0 Å². The van der Waals surface area contributed by atoms with Crippen LogP contribution in [0.1, 0.15) is 31.5 Å². The van der Waals surface area contributed by atoms with Crippen LogP contribution in [0.5, 0.6) is 0 Å². The van der Waals surface area contributed by atoms with Crippen molar-refractivity contribution in [1.29, 1.82) is 0 Å². The molecule has 3 aromatic heterocycles. The van der Waals surface area contributed by atoms with Gasteiger partial charge in [-0.3, -0.25) is 4.90 Å². The molecule has 0 amide bonds. The summed E-state index contributed by atoms with van der Waals surface area (Å²) in [6.07, 6.45) is 3.18. The average molecular weight is 315 g/mol. The van der Waals surface area contributed by atoms with Crippen LogP contribution in [0.25, 0.3) is 11.2 Å². The Morgan fingerprint density at radius 3 is 2.78 bits per heavy atom. The van der Waals surface area contributed by atoms with Gasteiger partial charge in [0.15, 0.2) is 17.2 Å². The lowest BCUT2D eigenvalue weighted by Gasteiger charge is -2.28. The Bertz CT molecular complexity index is 749. The Morgan fingerprint density at radius 2 is 2.09 bits per heavy atom. The zero-order valence-corrected chi connectivity index (χ0v) is 13.6. The molecule has 0 unspecified atom stereocenters. The minimum atomic E-state index is 0.123. The lowest BCUT2D eigenvalue weighted by molar-refractivity contribution is 0.202. The maximum Gasteiger partial charge on any atom is 0.252 e. The van der Waals surface area contributed by atoms with E-state index in [1.165, 1.54) is 6.33 Å². The van der Waals surface area contributed by atoms with E-state index in [2.05, 4.69) is 39.0 Å². The van der Waals surface area contributed by atoms with Gasteiger partial charge in [0, 0.05) is 13.5 Å². The number of fused-ring (bicyclic) bond motifs is 1. The molecule has 0 saturated heterocycles. The van der Waals surface area contributed by atoms with E-state index in [1.807, 2.05) is 12.1 Å². The third kappa shape index (κ3) is 3.19. The van der Waals surface area contributed by atoms with Crippen molar-refractivity contribution in [3.05, 3.63) is 36.4 Å². The van der Waals surface area contributed by atoms with Crippen molar-refractivity contribution in [1.82, 2.24) is 19.9 Å². The predicted molar refractivity (Wildman–Crippen MR) is 87.2 cm³/mol. The third-order valence-electron chi connectivity index (χ3n) is 3.89. The van der Waals surface area contributed by atoms with E-state index in [0.717, 1.165) is 18.8 Å². The summed E-state index contributed by atoms with van der Waals surface area (Å²) < 4.78 is 11.1. The summed E-state index contributed by atoms with van der Waals surface area (Å²) in [5, 5.41) is 3.36. The fourth-order valence-electron chi connectivity index (χ4n) is 2.74. The summed E-state index contributed by atoms with van der Waals surface area (Å²) in [5.41, 5.74) is 1.15. The second-order valence-electron chi connectivity index (χ2n) is 5.24. The highest BCUT2D eigenvalue weighted by Gasteiger charge is 2.21. The van der Waals surface area contributed by atoms with Crippen LogP contribution >= 0.6 is 0 Å². The number of hydrogen-bond donors (Lipinski definition) is 1. The van der Waals surface area contributed by atoms with Crippen LogP contribution in [-0.4, -0.2) is 39.5 Å². The van der Waals surface area contributed by atoms with Crippen LogP contribution < -0.4 is 5.32 Å². The van der Waals surface area contributed by atoms with Crippen molar-refractivity contribution in [2.75, 3.05) is 25.0 Å². The molecule has 0 aliphatic carbocycles. The van der Waals surface area contributed by atoms with Crippen LogP contribution in [-0.2, 0) is 0 Å². The Kier molecular flexibility index (Phi) is 4.57. The molecule has 23 heavy (non-hydrogen) atoms. The molecule has 0 radical (unpaired) electrons. The molecule has 7 heteroatoms. The van der Waals surface area contributed by atoms with Crippen molar-refractivity contribution in [3.63, 3.8) is 0 Å². The SMILES string of the molecule is CCN(CC)[C@@H](CNc1ncnc2oc(C)nc12)c1ccco1. The standard InChI is InChI=1S/C16H21N5O2/c1-4-21(5-2)12(13-7-6-8-22-13)9-17-15-14-16(19-10-18-15)23-11(3)20-14/h6-8,10,12H,4-5,9H2,1-3H3,(H,17,18,19)/t12-/m0/s1. The summed E-state index contributed by atoms with van der Waals surface area (Å²) in [5.74, 6) is 2.19. The van der Waals surface area contributed by atoms with Gasteiger partial charge in [0.1, 0.15) is 12.1 Å². The average Bonchev–Trinajstić information content (AvgIpc) is 3.20. The first-order chi connectivity index (χ1) is 11.2. The number of nitrogens with zero attached hydrogens (tertiary/aromatic N) is 4. The number of hydrogen-bond acceptors (Lipinski definition) is 7. The number of nitrogens with one attached hydrogen (secondary N) is 1. The number of anilines is 1. The van der Waals surface area contributed by atoms with Gasteiger partial charge in [-0.15, -0.1) is 0 Å². The van der Waals surface area contributed by atoms with Crippen LogP contribution in [0.2, 0.25) is 0 Å². The number of aryl methyl sites for hydroxylation is 1. The monoisotopic (exact) mass is 315 g/mol. The van der Waals surface area contributed by atoms with Crippen molar-refractivity contribution >= 4 is 17.0 Å². The van der Waals surface area contributed by atoms with Gasteiger partial charge in [0.25, 0.3) is 5.71 Å². The molecule has 3 heterocycles. The first-order valence-corrected chi connectivity index (χ1v) is 7.82. The van der Waals surface area contributed by atoms with E-state index >= 15 is 0 Å². The van der Waals surface area contributed by atoms with Gasteiger partial charge < -0.3 is 14.2 Å². The van der Waals surface area contributed by atoms with E-state index in [9.17, 15) is 0 Å². The number of furan rings is 1. The van der Waals surface area contributed by atoms with Crippen LogP contribution in [0.4, 0.5) is 5.82 Å². The van der Waals surface area contributed by atoms with Crippen LogP contribution in [0, 0.1) is 6.92 Å². The second kappa shape index (κ2) is 6.78. The lowest BCUT2D eigenvalue weighted by atomic mass is 10.2. The molecular weight excluding hydrogens is 294 g/mol. The zero-order chi connectivity index (χ0) is 16.2. The molecule has 0 aliphatic heterocycles. The minimum absolute atomic E-state index is 0.123. The number of aromatic nitrogens is 3. The summed E-state index contributed by atoms with van der Waals surface area (Å²) in [4.78, 5) is 15.1. The molecule has 0 aliphatic rings. The molecular formula is C16H21N5O2. The smallest absolute Gasteiger partial charge is 0.252 e. The van der Waals surface area contributed by atoms with E-state index in [4.69, 9.17) is 8.83 Å². The quantitative estimate of drug-likeness (QED) is 0.717. The molecule has 3 aromatic rings. The minimum Gasteiger partial charge on any atom is -0.468 e. The van der Waals surface area contributed by atoms with Crippen molar-refractivity contribution in [2.45, 2.75) is 26.8 Å². The van der Waals surface area contributed by atoms with E-state index < -0.39 is 0 Å². The molecule has 0 bridgehead atoms. The summed E-state index contributed by atoms with van der Waals surface area (Å²) in [7, 11) is 0. The normalized spacial score (nSPS) is 12.9. The summed E-state index contributed by atoms with van der Waals surface area (Å²) in [6.45, 7) is 8.62. The number of rotatable bonds is 7. The van der Waals surface area contributed by atoms with Crippen molar-refractivity contribution < 1.29 is 8.83 Å². The largest absolute Gasteiger partial charge is 0.468 e. The summed E-state index contributed by atoms with van der Waals surface area (Å²) in [6, 6.07) is 4.04. The number of likely N-dealkylation sites (N-methyl/N-ethyl adjacent to an activating group) is 1. The Morgan fingerprint density at radius 1 is 1.26 bits per heavy atom. The molecule has 7 nitrogen and oxygen atoms in total. The Hall–Kier alpha value is -2.41. The topological polar surface area (TPSA) is 80.2 Å². The van der Waals surface area contributed by atoms with E-state index in [1.54, 1.807) is 13.2 Å². The predicted octanol–water partition coefficient (Wildman–Crippen LogP) is 3.01. The molecule has 1 atom stereocenters. The van der Waals surface area contributed by atoms with E-state index in [-0.39, 0.29) is 6.04 Å². The van der Waals surface area contributed by atoms with E-state index in [0.29, 0.717) is 29.5 Å².